The SMILES string of the molecule is COc1cc(C(=O)CNC(=O)c2ccc(OC)c(OC)c2)nc(-c2ccc(O)cc2)c1. The van der Waals surface area contributed by atoms with Crippen molar-refractivity contribution in [3.8, 4) is 34.3 Å². The van der Waals surface area contributed by atoms with Crippen LogP contribution in [0.15, 0.2) is 54.6 Å². The standard InChI is InChI=1S/C23H22N2O6/c1-29-17-11-18(14-4-7-16(26)8-5-14)25-19(12-17)20(27)13-24-23(28)15-6-9-21(30-2)22(10-15)31-3/h4-12,26H,13H2,1-3H3,(H,24,28). The highest BCUT2D eigenvalue weighted by molar-refractivity contribution is 6.01. The van der Waals surface area contributed by atoms with Crippen LogP contribution in [-0.4, -0.2) is 49.7 Å². The summed E-state index contributed by atoms with van der Waals surface area (Å²) in [6.07, 6.45) is 0. The van der Waals surface area contributed by atoms with Gasteiger partial charge in [-0.25, -0.2) is 4.98 Å². The van der Waals surface area contributed by atoms with Gasteiger partial charge in [0.25, 0.3) is 5.91 Å². The van der Waals surface area contributed by atoms with Gasteiger partial charge in [-0.05, 0) is 42.5 Å². The maximum atomic E-state index is 12.7. The molecule has 0 radical (unpaired) electrons. The van der Waals surface area contributed by atoms with Crippen LogP contribution in [-0.2, 0) is 0 Å². The lowest BCUT2D eigenvalue weighted by molar-refractivity contribution is 0.0902. The zero-order valence-electron chi connectivity index (χ0n) is 17.3. The van der Waals surface area contributed by atoms with Crippen LogP contribution in [0.4, 0.5) is 0 Å². The van der Waals surface area contributed by atoms with Gasteiger partial charge >= 0.3 is 0 Å². The molecule has 0 fully saturated rings. The first kappa shape index (κ1) is 21.6. The third kappa shape index (κ3) is 5.11. The number of hydrogen-bond donors (Lipinski definition) is 2. The van der Waals surface area contributed by atoms with Crippen molar-refractivity contribution in [1.82, 2.24) is 10.3 Å². The first-order valence-corrected chi connectivity index (χ1v) is 9.34. The second-order valence-electron chi connectivity index (χ2n) is 6.50. The van der Waals surface area contributed by atoms with E-state index in [2.05, 4.69) is 10.3 Å². The predicted octanol–water partition coefficient (Wildman–Crippen LogP) is 3.09. The molecule has 2 aromatic carbocycles. The lowest BCUT2D eigenvalue weighted by Gasteiger charge is -2.11. The van der Waals surface area contributed by atoms with Crippen LogP contribution in [0.25, 0.3) is 11.3 Å². The van der Waals surface area contributed by atoms with E-state index >= 15 is 0 Å². The summed E-state index contributed by atoms with van der Waals surface area (Å²) in [5.74, 6) is 0.670. The molecule has 1 amide bonds. The number of aromatic hydroxyl groups is 1. The molecule has 0 saturated carbocycles. The molecule has 3 rings (SSSR count). The molecule has 0 aliphatic rings. The Hall–Kier alpha value is -4.07. The molecule has 8 heteroatoms. The molecule has 2 N–H and O–H groups in total. The molecule has 0 saturated heterocycles. The summed E-state index contributed by atoms with van der Waals surface area (Å²) in [6, 6.07) is 14.3. The maximum absolute atomic E-state index is 12.7. The quantitative estimate of drug-likeness (QED) is 0.537. The highest BCUT2D eigenvalue weighted by Crippen LogP contribution is 2.28. The average Bonchev–Trinajstić information content (AvgIpc) is 2.81. The van der Waals surface area contributed by atoms with Gasteiger partial charge in [0, 0.05) is 23.3 Å². The number of Topliss-reactive ketones (excluding diaryl/α,β-unsaturated/α-hetero) is 1. The van der Waals surface area contributed by atoms with E-state index in [4.69, 9.17) is 14.2 Å². The van der Waals surface area contributed by atoms with Crippen LogP contribution in [0.3, 0.4) is 0 Å². The van der Waals surface area contributed by atoms with E-state index in [1.54, 1.807) is 30.3 Å². The number of benzene rings is 2. The van der Waals surface area contributed by atoms with Crippen molar-refractivity contribution in [3.05, 3.63) is 65.9 Å². The molecule has 0 atom stereocenters. The Labute approximate surface area is 179 Å². The van der Waals surface area contributed by atoms with Crippen LogP contribution < -0.4 is 19.5 Å². The second kappa shape index (κ2) is 9.62. The molecule has 0 aliphatic carbocycles. The number of amides is 1. The van der Waals surface area contributed by atoms with Gasteiger partial charge in [-0.15, -0.1) is 0 Å². The Morgan fingerprint density at radius 3 is 2.26 bits per heavy atom. The van der Waals surface area contributed by atoms with Crippen molar-refractivity contribution < 1.29 is 28.9 Å². The minimum atomic E-state index is -0.434. The number of carbonyl (C=O) groups excluding carboxylic acids is 2. The van der Waals surface area contributed by atoms with Crippen molar-refractivity contribution in [2.45, 2.75) is 0 Å². The number of nitrogens with one attached hydrogen (secondary N) is 1. The number of ether oxygens (including phenoxy) is 3. The fourth-order valence-electron chi connectivity index (χ4n) is 2.88. The van der Waals surface area contributed by atoms with Crippen molar-refractivity contribution in [1.29, 1.82) is 0 Å². The summed E-state index contributed by atoms with van der Waals surface area (Å²) in [4.78, 5) is 29.5. The van der Waals surface area contributed by atoms with Crippen LogP contribution >= 0.6 is 0 Å². The summed E-state index contributed by atoms with van der Waals surface area (Å²) in [5.41, 5.74) is 1.69. The Balaban J connectivity index is 1.76. The molecule has 0 aliphatic heterocycles. The van der Waals surface area contributed by atoms with Crippen LogP contribution in [0.5, 0.6) is 23.0 Å². The number of rotatable bonds is 8. The molecule has 1 heterocycles. The van der Waals surface area contributed by atoms with Crippen LogP contribution in [0.1, 0.15) is 20.8 Å². The topological polar surface area (TPSA) is 107 Å². The molecule has 1 aromatic heterocycles. The molecule has 0 unspecified atom stereocenters. The fraction of sp³-hybridized carbons (Fsp3) is 0.174. The highest BCUT2D eigenvalue weighted by atomic mass is 16.5. The van der Waals surface area contributed by atoms with Gasteiger partial charge in [-0.3, -0.25) is 9.59 Å². The Morgan fingerprint density at radius 1 is 0.903 bits per heavy atom. The van der Waals surface area contributed by atoms with Gasteiger partial charge in [0.05, 0.1) is 33.6 Å². The number of phenols is 1. The molecule has 0 spiro atoms. The zero-order chi connectivity index (χ0) is 22.4. The zero-order valence-corrected chi connectivity index (χ0v) is 17.3. The number of ketones is 1. The second-order valence-corrected chi connectivity index (χ2v) is 6.50. The monoisotopic (exact) mass is 422 g/mol. The van der Waals surface area contributed by atoms with Gasteiger partial charge in [0.2, 0.25) is 0 Å². The highest BCUT2D eigenvalue weighted by Gasteiger charge is 2.16. The number of methoxy groups -OCH3 is 3. The van der Waals surface area contributed by atoms with E-state index in [1.807, 2.05) is 0 Å². The predicted molar refractivity (Wildman–Crippen MR) is 114 cm³/mol. The molecular formula is C23H22N2O6. The number of nitrogens with zero attached hydrogens (tertiary/aromatic N) is 1. The summed E-state index contributed by atoms with van der Waals surface area (Å²) in [6.45, 7) is -0.248. The number of carbonyl (C=O) groups is 2. The van der Waals surface area contributed by atoms with Gasteiger partial charge in [-0.2, -0.15) is 0 Å². The molecule has 8 nitrogen and oxygen atoms in total. The maximum Gasteiger partial charge on any atom is 0.251 e. The van der Waals surface area contributed by atoms with Crippen LogP contribution in [0, 0.1) is 0 Å². The third-order valence-corrected chi connectivity index (χ3v) is 4.54. The Bertz CT molecular complexity index is 1100. The first-order valence-electron chi connectivity index (χ1n) is 9.34. The minimum absolute atomic E-state index is 0.126. The summed E-state index contributed by atoms with van der Waals surface area (Å²) in [5, 5.41) is 12.1. The van der Waals surface area contributed by atoms with E-state index in [9.17, 15) is 14.7 Å². The first-order chi connectivity index (χ1) is 14.9. The lowest BCUT2D eigenvalue weighted by Crippen LogP contribution is -2.30. The van der Waals surface area contributed by atoms with Crippen molar-refractivity contribution in [3.63, 3.8) is 0 Å². The van der Waals surface area contributed by atoms with Gasteiger partial charge in [0.1, 0.15) is 17.2 Å². The van der Waals surface area contributed by atoms with Crippen molar-refractivity contribution >= 4 is 11.7 Å². The van der Waals surface area contributed by atoms with Crippen LogP contribution in [0.2, 0.25) is 0 Å². The molecule has 31 heavy (non-hydrogen) atoms. The van der Waals surface area contributed by atoms with Gasteiger partial charge < -0.3 is 24.6 Å². The number of phenolic OH excluding ortho intramolecular Hbond substituents is 1. The normalized spacial score (nSPS) is 10.3. The lowest BCUT2D eigenvalue weighted by atomic mass is 10.1. The van der Waals surface area contributed by atoms with Gasteiger partial charge in [0.15, 0.2) is 17.3 Å². The van der Waals surface area contributed by atoms with Crippen molar-refractivity contribution in [2.24, 2.45) is 0 Å². The number of pyridine rings is 1. The van der Waals surface area contributed by atoms with E-state index in [-0.39, 0.29) is 23.8 Å². The molecule has 0 bridgehead atoms. The smallest absolute Gasteiger partial charge is 0.251 e. The molecule has 3 aromatic rings. The largest absolute Gasteiger partial charge is 0.508 e. The Kier molecular flexibility index (Phi) is 6.71. The summed E-state index contributed by atoms with van der Waals surface area (Å²) < 4.78 is 15.6. The molecule has 160 valence electrons. The van der Waals surface area contributed by atoms with Gasteiger partial charge in [-0.1, -0.05) is 0 Å². The van der Waals surface area contributed by atoms with E-state index in [0.717, 1.165) is 0 Å². The van der Waals surface area contributed by atoms with E-state index < -0.39 is 5.91 Å². The number of hydrogen-bond acceptors (Lipinski definition) is 7. The fourth-order valence-corrected chi connectivity index (χ4v) is 2.88. The molecular weight excluding hydrogens is 400 g/mol. The third-order valence-electron chi connectivity index (χ3n) is 4.54. The van der Waals surface area contributed by atoms with E-state index in [1.165, 1.54) is 45.6 Å². The summed E-state index contributed by atoms with van der Waals surface area (Å²) in [7, 11) is 4.47. The Morgan fingerprint density at radius 2 is 1.61 bits per heavy atom. The van der Waals surface area contributed by atoms with Crippen molar-refractivity contribution in [2.75, 3.05) is 27.9 Å². The minimum Gasteiger partial charge on any atom is -0.508 e. The van der Waals surface area contributed by atoms with E-state index in [0.29, 0.717) is 34.1 Å². The number of aromatic nitrogens is 1. The summed E-state index contributed by atoms with van der Waals surface area (Å²) >= 11 is 0. The average molecular weight is 422 g/mol.